The minimum atomic E-state index is 0.454. The number of pyridine rings is 1. The molecule has 7 nitrogen and oxygen atoms in total. The second-order valence-electron chi connectivity index (χ2n) is 8.26. The Hall–Kier alpha value is -3.39. The van der Waals surface area contributed by atoms with Crippen molar-refractivity contribution in [3.8, 4) is 11.1 Å². The number of aromatic nitrogens is 4. The summed E-state index contributed by atoms with van der Waals surface area (Å²) in [6, 6.07) is 18.7. The van der Waals surface area contributed by atoms with Crippen LogP contribution in [0.25, 0.3) is 33.2 Å². The molecule has 0 saturated carbocycles. The van der Waals surface area contributed by atoms with Gasteiger partial charge in [0, 0.05) is 25.8 Å². The minimum absolute atomic E-state index is 0.454. The Balaban J connectivity index is 1.26. The first-order valence-electron chi connectivity index (χ1n) is 11.0. The van der Waals surface area contributed by atoms with Gasteiger partial charge >= 0.3 is 0 Å². The molecule has 1 aliphatic heterocycles. The van der Waals surface area contributed by atoms with Crippen LogP contribution >= 0.6 is 11.6 Å². The van der Waals surface area contributed by atoms with E-state index in [9.17, 15) is 0 Å². The highest BCUT2D eigenvalue weighted by Crippen LogP contribution is 2.28. The summed E-state index contributed by atoms with van der Waals surface area (Å²) < 4.78 is 5.47. The van der Waals surface area contributed by atoms with Crippen LogP contribution in [-0.4, -0.2) is 51.1 Å². The molecule has 0 atom stereocenters. The van der Waals surface area contributed by atoms with Gasteiger partial charge in [-0.25, -0.2) is 9.97 Å². The van der Waals surface area contributed by atoms with Crippen LogP contribution in [0.15, 0.2) is 60.8 Å². The SMILES string of the molecule is Clc1ccc2[nH]cc(Nc3nc4ccc(-c5cccc(CN6CCOCC6)c5)cc4[nH]3)c2n1. The van der Waals surface area contributed by atoms with Crippen molar-refractivity contribution in [3.05, 3.63) is 71.5 Å². The maximum Gasteiger partial charge on any atom is 0.205 e. The number of benzene rings is 2. The van der Waals surface area contributed by atoms with Gasteiger partial charge in [0.1, 0.15) is 10.7 Å². The lowest BCUT2D eigenvalue weighted by atomic mass is 10.0. The second kappa shape index (κ2) is 8.51. The first kappa shape index (κ1) is 20.2. The lowest BCUT2D eigenvalue weighted by molar-refractivity contribution is 0.0342. The molecule has 6 rings (SSSR count). The fraction of sp³-hybridized carbons (Fsp3) is 0.200. The summed E-state index contributed by atoms with van der Waals surface area (Å²) in [5.74, 6) is 0.658. The van der Waals surface area contributed by atoms with E-state index in [0.29, 0.717) is 11.1 Å². The van der Waals surface area contributed by atoms with Gasteiger partial charge in [0.2, 0.25) is 5.95 Å². The summed E-state index contributed by atoms with van der Waals surface area (Å²) in [4.78, 5) is 18.1. The van der Waals surface area contributed by atoms with E-state index in [0.717, 1.165) is 66.2 Å². The molecule has 0 unspecified atom stereocenters. The maximum absolute atomic E-state index is 6.07. The number of hydrogen-bond acceptors (Lipinski definition) is 5. The van der Waals surface area contributed by atoms with Crippen LogP contribution in [0.4, 0.5) is 11.6 Å². The number of aromatic amines is 2. The fourth-order valence-electron chi connectivity index (χ4n) is 4.31. The highest BCUT2D eigenvalue weighted by atomic mass is 35.5. The van der Waals surface area contributed by atoms with E-state index >= 15 is 0 Å². The summed E-state index contributed by atoms with van der Waals surface area (Å²) in [5, 5.41) is 3.78. The van der Waals surface area contributed by atoms with Crippen molar-refractivity contribution < 1.29 is 4.74 Å². The smallest absolute Gasteiger partial charge is 0.205 e. The van der Waals surface area contributed by atoms with Crippen LogP contribution in [-0.2, 0) is 11.3 Å². The molecule has 5 aromatic rings. The maximum atomic E-state index is 6.07. The number of anilines is 2. The van der Waals surface area contributed by atoms with Crippen molar-refractivity contribution in [1.29, 1.82) is 0 Å². The number of morpholine rings is 1. The average Bonchev–Trinajstić information content (AvgIpc) is 3.43. The highest BCUT2D eigenvalue weighted by molar-refractivity contribution is 6.29. The van der Waals surface area contributed by atoms with Crippen molar-refractivity contribution in [3.63, 3.8) is 0 Å². The molecular formula is C25H23ClN6O. The van der Waals surface area contributed by atoms with Crippen LogP contribution < -0.4 is 5.32 Å². The highest BCUT2D eigenvalue weighted by Gasteiger charge is 2.12. The summed E-state index contributed by atoms with van der Waals surface area (Å²) in [7, 11) is 0. The van der Waals surface area contributed by atoms with Gasteiger partial charge in [0.25, 0.3) is 0 Å². The second-order valence-corrected chi connectivity index (χ2v) is 8.65. The molecule has 0 aliphatic carbocycles. The number of nitrogens with one attached hydrogen (secondary N) is 3. The van der Waals surface area contributed by atoms with Crippen molar-refractivity contribution in [1.82, 2.24) is 24.8 Å². The third-order valence-corrected chi connectivity index (χ3v) is 6.20. The van der Waals surface area contributed by atoms with Gasteiger partial charge in [-0.1, -0.05) is 35.9 Å². The fourth-order valence-corrected chi connectivity index (χ4v) is 4.46. The molecule has 1 fully saturated rings. The molecule has 0 spiro atoms. The zero-order valence-electron chi connectivity index (χ0n) is 17.9. The summed E-state index contributed by atoms with van der Waals surface area (Å²) in [6.07, 6.45) is 1.87. The molecule has 3 aromatic heterocycles. The predicted octanol–water partition coefficient (Wildman–Crippen LogP) is 5.34. The molecule has 33 heavy (non-hydrogen) atoms. The average molecular weight is 459 g/mol. The number of rotatable bonds is 5. The molecule has 8 heteroatoms. The van der Waals surface area contributed by atoms with E-state index in [4.69, 9.17) is 16.3 Å². The number of halogens is 1. The molecular weight excluding hydrogens is 436 g/mol. The van der Waals surface area contributed by atoms with Gasteiger partial charge in [-0.2, -0.15) is 0 Å². The predicted molar refractivity (Wildman–Crippen MR) is 132 cm³/mol. The Morgan fingerprint density at radius 1 is 0.970 bits per heavy atom. The van der Waals surface area contributed by atoms with Gasteiger partial charge in [-0.3, -0.25) is 4.90 Å². The normalized spacial score (nSPS) is 14.8. The van der Waals surface area contributed by atoms with Crippen molar-refractivity contribution in [2.24, 2.45) is 0 Å². The Labute approximate surface area is 195 Å². The zero-order chi connectivity index (χ0) is 22.2. The number of hydrogen-bond donors (Lipinski definition) is 3. The van der Waals surface area contributed by atoms with Crippen LogP contribution in [0.1, 0.15) is 5.56 Å². The molecule has 3 N–H and O–H groups in total. The summed E-state index contributed by atoms with van der Waals surface area (Å²) in [5.41, 5.74) is 8.05. The lowest BCUT2D eigenvalue weighted by Crippen LogP contribution is -2.35. The lowest BCUT2D eigenvalue weighted by Gasteiger charge is -2.26. The Bertz CT molecular complexity index is 1440. The molecule has 2 aromatic carbocycles. The van der Waals surface area contributed by atoms with Crippen LogP contribution in [0.2, 0.25) is 5.15 Å². The quantitative estimate of drug-likeness (QED) is 0.310. The van der Waals surface area contributed by atoms with E-state index in [1.807, 2.05) is 18.3 Å². The monoisotopic (exact) mass is 458 g/mol. The van der Waals surface area contributed by atoms with Gasteiger partial charge < -0.3 is 20.0 Å². The molecule has 1 saturated heterocycles. The van der Waals surface area contributed by atoms with Crippen LogP contribution in [0.5, 0.6) is 0 Å². The number of nitrogens with zero attached hydrogens (tertiary/aromatic N) is 3. The topological polar surface area (TPSA) is 81.9 Å². The van der Waals surface area contributed by atoms with E-state index < -0.39 is 0 Å². The Morgan fingerprint density at radius 3 is 2.76 bits per heavy atom. The first-order chi connectivity index (χ1) is 16.2. The largest absolute Gasteiger partial charge is 0.379 e. The zero-order valence-corrected chi connectivity index (χ0v) is 18.7. The van der Waals surface area contributed by atoms with E-state index in [1.165, 1.54) is 11.1 Å². The van der Waals surface area contributed by atoms with Crippen LogP contribution in [0.3, 0.4) is 0 Å². The molecule has 4 heterocycles. The van der Waals surface area contributed by atoms with E-state index in [1.54, 1.807) is 6.07 Å². The Kier molecular flexibility index (Phi) is 5.22. The molecule has 0 radical (unpaired) electrons. The summed E-state index contributed by atoms with van der Waals surface area (Å²) >= 11 is 6.07. The summed E-state index contributed by atoms with van der Waals surface area (Å²) in [6.45, 7) is 4.54. The van der Waals surface area contributed by atoms with Gasteiger partial charge in [-0.15, -0.1) is 0 Å². The Morgan fingerprint density at radius 2 is 1.85 bits per heavy atom. The standard InChI is InChI=1S/C25H23ClN6O/c26-23-7-6-20-24(31-23)22(14-27-20)30-25-28-19-5-4-18(13-21(19)29-25)17-3-1-2-16(12-17)15-32-8-10-33-11-9-32/h1-7,12-14,27H,8-11,15H2,(H2,28,29,30). The van der Waals surface area contributed by atoms with Gasteiger partial charge in [-0.05, 0) is 47.0 Å². The first-order valence-corrected chi connectivity index (χ1v) is 11.4. The minimum Gasteiger partial charge on any atom is -0.379 e. The number of H-pyrrole nitrogens is 2. The van der Waals surface area contributed by atoms with E-state index in [-0.39, 0.29) is 0 Å². The molecule has 0 bridgehead atoms. The van der Waals surface area contributed by atoms with Crippen molar-refractivity contribution in [2.75, 3.05) is 31.6 Å². The van der Waals surface area contributed by atoms with E-state index in [2.05, 4.69) is 66.6 Å². The number of ether oxygens (including phenoxy) is 1. The van der Waals surface area contributed by atoms with Gasteiger partial charge in [0.15, 0.2) is 0 Å². The van der Waals surface area contributed by atoms with Crippen molar-refractivity contribution in [2.45, 2.75) is 6.54 Å². The number of imidazole rings is 1. The van der Waals surface area contributed by atoms with Crippen LogP contribution in [0, 0.1) is 0 Å². The third kappa shape index (κ3) is 4.18. The molecule has 166 valence electrons. The van der Waals surface area contributed by atoms with Gasteiger partial charge in [0.05, 0.1) is 35.5 Å². The molecule has 0 amide bonds. The number of fused-ring (bicyclic) bond motifs is 2. The van der Waals surface area contributed by atoms with Crippen molar-refractivity contribution >= 4 is 45.3 Å². The molecule has 1 aliphatic rings. The third-order valence-electron chi connectivity index (χ3n) is 5.99.